The molecule has 1 atom stereocenters. The van der Waals surface area contributed by atoms with Crippen LogP contribution in [0.15, 0.2) is 24.3 Å². The molecule has 0 aliphatic carbocycles. The Labute approximate surface area is 104 Å². The summed E-state index contributed by atoms with van der Waals surface area (Å²) in [6.07, 6.45) is -4.09. The standard InChI is InChI=1S/C13H17F3O2/c1-10(17)2-3-11-4-6-12(7-5-11)18-9-8-13(14,15)16/h4-7,10,17H,2-3,8-9H2,1H3. The fraction of sp³-hybridized carbons (Fsp3) is 0.538. The summed E-state index contributed by atoms with van der Waals surface area (Å²) in [6, 6.07) is 6.89. The third-order valence-electron chi connectivity index (χ3n) is 2.43. The van der Waals surface area contributed by atoms with Gasteiger partial charge >= 0.3 is 6.18 Å². The van der Waals surface area contributed by atoms with E-state index in [1.54, 1.807) is 31.2 Å². The van der Waals surface area contributed by atoms with Crippen LogP contribution in [0.5, 0.6) is 5.75 Å². The van der Waals surface area contributed by atoms with Crippen molar-refractivity contribution in [3.8, 4) is 5.75 Å². The van der Waals surface area contributed by atoms with Crippen molar-refractivity contribution in [2.45, 2.75) is 38.5 Å². The molecule has 0 bridgehead atoms. The average Bonchev–Trinajstić information content (AvgIpc) is 2.26. The summed E-state index contributed by atoms with van der Waals surface area (Å²) in [5, 5.41) is 9.13. The minimum absolute atomic E-state index is 0.354. The first-order valence-electron chi connectivity index (χ1n) is 5.83. The number of ether oxygens (including phenoxy) is 1. The monoisotopic (exact) mass is 262 g/mol. The van der Waals surface area contributed by atoms with Crippen molar-refractivity contribution >= 4 is 0 Å². The van der Waals surface area contributed by atoms with Crippen LogP contribution in [0.2, 0.25) is 0 Å². The molecule has 2 nitrogen and oxygen atoms in total. The summed E-state index contributed by atoms with van der Waals surface area (Å²) in [5.74, 6) is 0.431. The Kier molecular flexibility index (Phi) is 5.47. The highest BCUT2D eigenvalue weighted by molar-refractivity contribution is 5.27. The van der Waals surface area contributed by atoms with Crippen molar-refractivity contribution in [1.82, 2.24) is 0 Å². The molecule has 18 heavy (non-hydrogen) atoms. The summed E-state index contributed by atoms with van der Waals surface area (Å²) < 4.78 is 40.7. The molecule has 1 N–H and O–H groups in total. The predicted octanol–water partition coefficient (Wildman–Crippen LogP) is 3.33. The Morgan fingerprint density at radius 3 is 2.33 bits per heavy atom. The van der Waals surface area contributed by atoms with Gasteiger partial charge in [-0.2, -0.15) is 13.2 Å². The van der Waals surface area contributed by atoms with E-state index in [1.165, 1.54) is 0 Å². The molecule has 0 fully saturated rings. The zero-order valence-corrected chi connectivity index (χ0v) is 10.2. The lowest BCUT2D eigenvalue weighted by Crippen LogP contribution is -2.13. The van der Waals surface area contributed by atoms with Crippen LogP contribution >= 0.6 is 0 Å². The third-order valence-corrected chi connectivity index (χ3v) is 2.43. The molecule has 0 aliphatic rings. The van der Waals surface area contributed by atoms with E-state index in [9.17, 15) is 13.2 Å². The maximum Gasteiger partial charge on any atom is 0.392 e. The summed E-state index contributed by atoms with van der Waals surface area (Å²) in [7, 11) is 0. The summed E-state index contributed by atoms with van der Waals surface area (Å²) in [5.41, 5.74) is 1.03. The lowest BCUT2D eigenvalue weighted by Gasteiger charge is -2.09. The normalized spacial score (nSPS) is 13.4. The van der Waals surface area contributed by atoms with Crippen molar-refractivity contribution in [1.29, 1.82) is 0 Å². The van der Waals surface area contributed by atoms with Crippen LogP contribution in [0, 0.1) is 0 Å². The second-order valence-corrected chi connectivity index (χ2v) is 4.25. The second-order valence-electron chi connectivity index (χ2n) is 4.25. The molecule has 0 aromatic heterocycles. The maximum absolute atomic E-state index is 11.9. The summed E-state index contributed by atoms with van der Waals surface area (Å²) in [6.45, 7) is 1.35. The highest BCUT2D eigenvalue weighted by atomic mass is 19.4. The van der Waals surface area contributed by atoms with Crippen molar-refractivity contribution in [2.24, 2.45) is 0 Å². The Bertz CT molecular complexity index is 344. The quantitative estimate of drug-likeness (QED) is 0.852. The van der Waals surface area contributed by atoms with Gasteiger partial charge in [0.25, 0.3) is 0 Å². The molecular weight excluding hydrogens is 245 g/mol. The second kappa shape index (κ2) is 6.64. The third kappa shape index (κ3) is 6.49. The molecular formula is C13H17F3O2. The first-order chi connectivity index (χ1) is 8.37. The number of hydrogen-bond acceptors (Lipinski definition) is 2. The van der Waals surface area contributed by atoms with Gasteiger partial charge < -0.3 is 9.84 Å². The van der Waals surface area contributed by atoms with Crippen LogP contribution < -0.4 is 4.74 Å². The SMILES string of the molecule is CC(O)CCc1ccc(OCCC(F)(F)F)cc1. The van der Waals surface area contributed by atoms with Gasteiger partial charge in [0.05, 0.1) is 19.1 Å². The number of aryl methyl sites for hydroxylation is 1. The minimum atomic E-state index is -4.18. The Morgan fingerprint density at radius 2 is 1.83 bits per heavy atom. The predicted molar refractivity (Wildman–Crippen MR) is 62.6 cm³/mol. The van der Waals surface area contributed by atoms with E-state index < -0.39 is 12.6 Å². The van der Waals surface area contributed by atoms with Gasteiger partial charge in [0, 0.05) is 0 Å². The first-order valence-corrected chi connectivity index (χ1v) is 5.83. The molecule has 102 valence electrons. The minimum Gasteiger partial charge on any atom is -0.493 e. The van der Waals surface area contributed by atoms with Crippen LogP contribution in [-0.4, -0.2) is 24.0 Å². The molecule has 0 saturated carbocycles. The molecule has 1 unspecified atom stereocenters. The number of rotatable bonds is 6. The topological polar surface area (TPSA) is 29.5 Å². The molecule has 0 amide bonds. The van der Waals surface area contributed by atoms with Gasteiger partial charge in [0.15, 0.2) is 0 Å². The van der Waals surface area contributed by atoms with E-state index in [0.29, 0.717) is 12.2 Å². The smallest absolute Gasteiger partial charge is 0.392 e. The highest BCUT2D eigenvalue weighted by Gasteiger charge is 2.26. The van der Waals surface area contributed by atoms with Crippen LogP contribution in [-0.2, 0) is 6.42 Å². The molecule has 0 heterocycles. The zero-order valence-electron chi connectivity index (χ0n) is 10.2. The number of halogens is 3. The Hall–Kier alpha value is -1.23. The van der Waals surface area contributed by atoms with Crippen LogP contribution in [0.25, 0.3) is 0 Å². The van der Waals surface area contributed by atoms with Crippen molar-refractivity contribution < 1.29 is 23.0 Å². The van der Waals surface area contributed by atoms with Crippen molar-refractivity contribution in [3.63, 3.8) is 0 Å². The van der Waals surface area contributed by atoms with Crippen LogP contribution in [0.1, 0.15) is 25.3 Å². The summed E-state index contributed by atoms with van der Waals surface area (Å²) in [4.78, 5) is 0. The fourth-order valence-electron chi connectivity index (χ4n) is 1.41. The van der Waals surface area contributed by atoms with E-state index in [1.807, 2.05) is 0 Å². The Morgan fingerprint density at radius 1 is 1.22 bits per heavy atom. The van der Waals surface area contributed by atoms with E-state index in [-0.39, 0.29) is 12.7 Å². The number of hydrogen-bond donors (Lipinski definition) is 1. The van der Waals surface area contributed by atoms with Crippen LogP contribution in [0.3, 0.4) is 0 Å². The van der Waals surface area contributed by atoms with Crippen LogP contribution in [0.4, 0.5) is 13.2 Å². The molecule has 1 rings (SSSR count). The molecule has 0 aliphatic heterocycles. The van der Waals surface area contributed by atoms with Gasteiger partial charge in [-0.25, -0.2) is 0 Å². The van der Waals surface area contributed by atoms with Gasteiger partial charge in [-0.1, -0.05) is 12.1 Å². The summed E-state index contributed by atoms with van der Waals surface area (Å²) >= 11 is 0. The van der Waals surface area contributed by atoms with Gasteiger partial charge in [0.1, 0.15) is 5.75 Å². The van der Waals surface area contributed by atoms with Gasteiger partial charge in [-0.15, -0.1) is 0 Å². The molecule has 0 radical (unpaired) electrons. The number of benzene rings is 1. The van der Waals surface area contributed by atoms with Crippen molar-refractivity contribution in [3.05, 3.63) is 29.8 Å². The molecule has 1 aromatic rings. The number of aliphatic hydroxyl groups is 1. The molecule has 5 heteroatoms. The fourth-order valence-corrected chi connectivity index (χ4v) is 1.41. The Balaban J connectivity index is 2.36. The average molecular weight is 262 g/mol. The number of alkyl halides is 3. The number of aliphatic hydroxyl groups excluding tert-OH is 1. The van der Waals surface area contributed by atoms with E-state index in [0.717, 1.165) is 12.0 Å². The largest absolute Gasteiger partial charge is 0.493 e. The first kappa shape index (κ1) is 14.8. The lowest BCUT2D eigenvalue weighted by molar-refractivity contribution is -0.139. The molecule has 1 aromatic carbocycles. The van der Waals surface area contributed by atoms with Gasteiger partial charge in [-0.05, 0) is 37.5 Å². The van der Waals surface area contributed by atoms with Crippen molar-refractivity contribution in [2.75, 3.05) is 6.61 Å². The van der Waals surface area contributed by atoms with Gasteiger partial charge in [-0.3, -0.25) is 0 Å². The zero-order chi connectivity index (χ0) is 13.6. The highest BCUT2D eigenvalue weighted by Crippen LogP contribution is 2.20. The van der Waals surface area contributed by atoms with Gasteiger partial charge in [0.2, 0.25) is 0 Å². The molecule has 0 saturated heterocycles. The maximum atomic E-state index is 11.9. The lowest BCUT2D eigenvalue weighted by atomic mass is 10.1. The van der Waals surface area contributed by atoms with E-state index >= 15 is 0 Å². The van der Waals surface area contributed by atoms with E-state index in [2.05, 4.69) is 0 Å². The van der Waals surface area contributed by atoms with E-state index in [4.69, 9.17) is 9.84 Å². The molecule has 0 spiro atoms.